The van der Waals surface area contributed by atoms with Crippen LogP contribution < -0.4 is 14.4 Å². The smallest absolute Gasteiger partial charge is 0.391 e. The fourth-order valence-electron chi connectivity index (χ4n) is 3.94. The minimum atomic E-state index is -4.23. The van der Waals surface area contributed by atoms with Gasteiger partial charge in [-0.05, 0) is 43.4 Å². The van der Waals surface area contributed by atoms with Crippen molar-refractivity contribution in [1.82, 2.24) is 9.97 Å². The highest BCUT2D eigenvalue weighted by molar-refractivity contribution is 5.48. The van der Waals surface area contributed by atoms with Gasteiger partial charge in [0.2, 0.25) is 12.6 Å². The van der Waals surface area contributed by atoms with E-state index in [0.717, 1.165) is 11.8 Å². The quantitative estimate of drug-likeness (QED) is 0.683. The van der Waals surface area contributed by atoms with E-state index in [9.17, 15) is 17.6 Å². The second-order valence-electron chi connectivity index (χ2n) is 7.34. The van der Waals surface area contributed by atoms with Gasteiger partial charge in [-0.1, -0.05) is 6.07 Å². The number of anilines is 1. The van der Waals surface area contributed by atoms with E-state index < -0.39 is 17.9 Å². The number of hydrogen-bond donors (Lipinski definition) is 0. The Morgan fingerprint density at radius 3 is 2.57 bits per heavy atom. The van der Waals surface area contributed by atoms with Crippen LogP contribution in [-0.4, -0.2) is 29.0 Å². The molecule has 0 spiro atoms. The molecule has 1 saturated carbocycles. The number of alkyl halides is 3. The highest BCUT2D eigenvalue weighted by atomic mass is 19.4. The second-order valence-corrected chi connectivity index (χ2v) is 7.34. The normalized spacial score (nSPS) is 20.6. The summed E-state index contributed by atoms with van der Waals surface area (Å²) in [4.78, 5) is 9.25. The Morgan fingerprint density at radius 1 is 1.13 bits per heavy atom. The average Bonchev–Trinajstić information content (AvgIpc) is 3.20. The van der Waals surface area contributed by atoms with Gasteiger partial charge >= 0.3 is 6.18 Å². The Morgan fingerprint density at radius 2 is 1.87 bits per heavy atom. The van der Waals surface area contributed by atoms with Crippen molar-refractivity contribution in [3.8, 4) is 17.6 Å². The molecule has 1 aliphatic carbocycles. The van der Waals surface area contributed by atoms with Gasteiger partial charge < -0.3 is 14.4 Å². The van der Waals surface area contributed by atoms with E-state index in [1.165, 1.54) is 0 Å². The highest BCUT2D eigenvalue weighted by Gasteiger charge is 2.42. The molecule has 1 aromatic heterocycles. The minimum absolute atomic E-state index is 0.0381. The Bertz CT molecular complexity index is 968. The summed E-state index contributed by atoms with van der Waals surface area (Å²) < 4.78 is 64.5. The summed E-state index contributed by atoms with van der Waals surface area (Å²) in [5.74, 6) is -1.23. The number of hydrogen-bond acceptors (Lipinski definition) is 6. The minimum Gasteiger partial charge on any atom is -0.454 e. The maximum Gasteiger partial charge on any atom is 0.391 e. The molecule has 0 N–H and O–H groups in total. The van der Waals surface area contributed by atoms with Crippen molar-refractivity contribution in [1.29, 1.82) is 5.26 Å². The molecule has 158 valence electrons. The van der Waals surface area contributed by atoms with Crippen LogP contribution >= 0.6 is 0 Å². The van der Waals surface area contributed by atoms with Crippen LogP contribution in [0.5, 0.6) is 11.5 Å². The van der Waals surface area contributed by atoms with Crippen LogP contribution in [0.25, 0.3) is 0 Å². The molecule has 1 aliphatic heterocycles. The van der Waals surface area contributed by atoms with Crippen LogP contribution in [0, 0.1) is 23.1 Å². The average molecular weight is 422 g/mol. The molecular weight excluding hydrogens is 404 g/mol. The summed E-state index contributed by atoms with van der Waals surface area (Å²) in [5, 5.41) is 9.09. The van der Waals surface area contributed by atoms with Crippen molar-refractivity contribution < 1.29 is 27.0 Å². The summed E-state index contributed by atoms with van der Waals surface area (Å²) in [6, 6.07) is 6.68. The van der Waals surface area contributed by atoms with Crippen molar-refractivity contribution in [2.24, 2.45) is 5.92 Å². The second kappa shape index (κ2) is 7.97. The molecule has 10 heteroatoms. The third-order valence-corrected chi connectivity index (χ3v) is 5.49. The van der Waals surface area contributed by atoms with Gasteiger partial charge in [0.25, 0.3) is 0 Å². The summed E-state index contributed by atoms with van der Waals surface area (Å²) in [6.07, 6.45) is -2.93. The third-order valence-electron chi connectivity index (χ3n) is 5.49. The maximum atomic E-state index is 14.6. The van der Waals surface area contributed by atoms with Crippen molar-refractivity contribution >= 4 is 5.82 Å². The van der Waals surface area contributed by atoms with Crippen molar-refractivity contribution in [2.45, 2.75) is 44.4 Å². The first-order valence-electron chi connectivity index (χ1n) is 9.49. The zero-order chi connectivity index (χ0) is 21.3. The number of ether oxygens (including phenoxy) is 2. The molecule has 2 aromatic rings. The fourth-order valence-corrected chi connectivity index (χ4v) is 3.94. The molecule has 0 amide bonds. The van der Waals surface area contributed by atoms with E-state index in [1.807, 2.05) is 0 Å². The van der Waals surface area contributed by atoms with E-state index in [-0.39, 0.29) is 56.7 Å². The van der Waals surface area contributed by atoms with Gasteiger partial charge in [-0.3, -0.25) is 0 Å². The van der Waals surface area contributed by atoms with Gasteiger partial charge in [0.05, 0.1) is 12.1 Å². The third kappa shape index (κ3) is 4.10. The first-order valence-corrected chi connectivity index (χ1v) is 9.49. The van der Waals surface area contributed by atoms with Gasteiger partial charge in [0.15, 0.2) is 23.1 Å². The number of nitrogens with zero attached hydrogens (tertiary/aromatic N) is 4. The Hall–Kier alpha value is -3.09. The molecule has 6 nitrogen and oxygen atoms in total. The molecule has 1 fully saturated rings. The van der Waals surface area contributed by atoms with Crippen molar-refractivity contribution in [3.63, 3.8) is 0 Å². The molecule has 0 saturated heterocycles. The molecule has 2 aliphatic rings. The summed E-state index contributed by atoms with van der Waals surface area (Å²) in [7, 11) is 0. The van der Waals surface area contributed by atoms with Crippen LogP contribution in [0.4, 0.5) is 23.4 Å². The number of rotatable bonds is 4. The molecule has 4 rings (SSSR count). The summed E-state index contributed by atoms with van der Waals surface area (Å²) in [5.41, 5.74) is 0.758. The van der Waals surface area contributed by atoms with Crippen LogP contribution in [0.1, 0.15) is 37.1 Å². The molecule has 30 heavy (non-hydrogen) atoms. The van der Waals surface area contributed by atoms with E-state index in [1.54, 1.807) is 29.2 Å². The lowest BCUT2D eigenvalue weighted by molar-refractivity contribution is -0.182. The predicted molar refractivity (Wildman–Crippen MR) is 97.3 cm³/mol. The number of halogens is 4. The molecule has 0 radical (unpaired) electrons. The molecule has 1 aromatic carbocycles. The Kier molecular flexibility index (Phi) is 5.37. The maximum absolute atomic E-state index is 14.6. The Labute approximate surface area is 170 Å². The van der Waals surface area contributed by atoms with Gasteiger partial charge in [0.1, 0.15) is 6.07 Å². The largest absolute Gasteiger partial charge is 0.454 e. The van der Waals surface area contributed by atoms with Crippen LogP contribution in [0.3, 0.4) is 0 Å². The van der Waals surface area contributed by atoms with E-state index in [4.69, 9.17) is 14.7 Å². The Balaban J connectivity index is 1.63. The predicted octanol–water partition coefficient (Wildman–Crippen LogP) is 4.34. The standard InChI is InChI=1S/C20H18F4N4O2/c21-15-9-26-18(8-25)27-19(15)28(14-4-2-13(3-5-14)20(22,23)24)10-12-1-6-16-17(7-12)30-11-29-16/h1,6-7,9,13-14H,2-5,10-11H2. The summed E-state index contributed by atoms with van der Waals surface area (Å²) >= 11 is 0. The van der Waals surface area contributed by atoms with Gasteiger partial charge in [-0.15, -0.1) is 0 Å². The molecular formula is C20H18F4N4O2. The highest BCUT2D eigenvalue weighted by Crippen LogP contribution is 2.40. The molecule has 0 unspecified atom stereocenters. The molecule has 0 atom stereocenters. The topological polar surface area (TPSA) is 71.3 Å². The zero-order valence-electron chi connectivity index (χ0n) is 15.8. The number of nitriles is 1. The molecule has 2 heterocycles. The van der Waals surface area contributed by atoms with Gasteiger partial charge in [-0.25, -0.2) is 9.37 Å². The van der Waals surface area contributed by atoms with Gasteiger partial charge in [-0.2, -0.15) is 23.4 Å². The lowest BCUT2D eigenvalue weighted by atomic mass is 9.84. The first-order chi connectivity index (χ1) is 14.3. The molecule has 0 bridgehead atoms. The first kappa shape index (κ1) is 20.2. The van der Waals surface area contributed by atoms with E-state index >= 15 is 0 Å². The lowest BCUT2D eigenvalue weighted by Gasteiger charge is -2.38. The number of benzene rings is 1. The van der Waals surface area contributed by atoms with E-state index in [0.29, 0.717) is 11.5 Å². The number of fused-ring (bicyclic) bond motifs is 1. The monoisotopic (exact) mass is 422 g/mol. The van der Waals surface area contributed by atoms with Crippen molar-refractivity contribution in [2.75, 3.05) is 11.7 Å². The van der Waals surface area contributed by atoms with Gasteiger partial charge in [0, 0.05) is 12.6 Å². The summed E-state index contributed by atoms with van der Waals surface area (Å²) in [6.45, 7) is 0.298. The van der Waals surface area contributed by atoms with Crippen LogP contribution in [0.2, 0.25) is 0 Å². The van der Waals surface area contributed by atoms with Crippen LogP contribution in [-0.2, 0) is 6.54 Å². The lowest BCUT2D eigenvalue weighted by Crippen LogP contribution is -2.41. The van der Waals surface area contributed by atoms with E-state index in [2.05, 4.69) is 9.97 Å². The number of aromatic nitrogens is 2. The fraction of sp³-hybridized carbons (Fsp3) is 0.450. The SMILES string of the molecule is N#Cc1ncc(F)c(N(Cc2ccc3c(c2)OCO3)C2CCC(C(F)(F)F)CC2)n1. The van der Waals surface area contributed by atoms with Crippen molar-refractivity contribution in [3.05, 3.63) is 41.6 Å². The zero-order valence-corrected chi connectivity index (χ0v) is 15.8. The van der Waals surface area contributed by atoms with Crippen LogP contribution in [0.15, 0.2) is 24.4 Å².